The molecule has 1 saturated heterocycles. The monoisotopic (exact) mass is 215 g/mol. The number of carbonyl (C=O) groups excluding carboxylic acids is 3. The third-order valence-corrected chi connectivity index (χ3v) is 2.08. The summed E-state index contributed by atoms with van der Waals surface area (Å²) in [7, 11) is 0. The molecule has 3 amide bonds. The summed E-state index contributed by atoms with van der Waals surface area (Å²) >= 11 is 0. The molecule has 0 aromatic heterocycles. The Bertz CT molecular complexity index is 292. The molecular weight excluding hydrogens is 202 g/mol. The topological polar surface area (TPSA) is 113 Å². The third-order valence-electron chi connectivity index (χ3n) is 2.08. The Morgan fingerprint density at radius 1 is 1.60 bits per heavy atom. The van der Waals surface area contributed by atoms with Crippen LogP contribution in [0.15, 0.2) is 0 Å². The number of primary amides is 1. The van der Waals surface area contributed by atoms with Crippen molar-refractivity contribution in [2.75, 3.05) is 13.1 Å². The number of aliphatic hydroxyl groups is 1. The van der Waals surface area contributed by atoms with Gasteiger partial charge in [0, 0.05) is 13.0 Å². The third kappa shape index (κ3) is 2.91. The normalized spacial score (nSPS) is 17.7. The van der Waals surface area contributed by atoms with Crippen molar-refractivity contribution in [2.45, 2.75) is 19.1 Å². The number of aliphatic hydroxyl groups excluding tert-OH is 1. The number of nitrogens with zero attached hydrogens (tertiary/aromatic N) is 1. The number of nitrogens with one attached hydrogen (secondary N) is 1. The quantitative estimate of drug-likeness (QED) is 0.482. The van der Waals surface area contributed by atoms with E-state index in [0.29, 0.717) is 19.4 Å². The van der Waals surface area contributed by atoms with Crippen molar-refractivity contribution in [1.29, 1.82) is 0 Å². The maximum atomic E-state index is 11.2. The molecule has 0 radical (unpaired) electrons. The number of hydrogen-bond donors (Lipinski definition) is 3. The first-order valence-corrected chi connectivity index (χ1v) is 4.56. The standard InChI is InChI=1S/C8H13N3O4/c9-5(12)4-10-7(14)8(15)11-3-1-2-6(11)13/h8,15H,1-4H2,(H2,9,12)(H,10,14). The van der Waals surface area contributed by atoms with Crippen LogP contribution in [0.3, 0.4) is 0 Å². The second kappa shape index (κ2) is 4.74. The summed E-state index contributed by atoms with van der Waals surface area (Å²) in [5.41, 5.74) is 4.81. The minimum Gasteiger partial charge on any atom is -0.368 e. The van der Waals surface area contributed by atoms with Crippen LogP contribution < -0.4 is 11.1 Å². The summed E-state index contributed by atoms with van der Waals surface area (Å²) in [5.74, 6) is -1.76. The number of rotatable bonds is 4. The van der Waals surface area contributed by atoms with E-state index in [-0.39, 0.29) is 12.5 Å². The van der Waals surface area contributed by atoms with E-state index in [1.165, 1.54) is 0 Å². The molecule has 0 aliphatic carbocycles. The van der Waals surface area contributed by atoms with Gasteiger partial charge in [0.1, 0.15) is 0 Å². The molecule has 7 nitrogen and oxygen atoms in total. The molecule has 0 saturated carbocycles. The van der Waals surface area contributed by atoms with Crippen molar-refractivity contribution in [3.63, 3.8) is 0 Å². The first-order chi connectivity index (χ1) is 7.02. The van der Waals surface area contributed by atoms with Crippen molar-refractivity contribution >= 4 is 17.7 Å². The largest absolute Gasteiger partial charge is 0.368 e. The van der Waals surface area contributed by atoms with Crippen LogP contribution in [0.25, 0.3) is 0 Å². The molecule has 1 unspecified atom stereocenters. The van der Waals surface area contributed by atoms with E-state index < -0.39 is 18.0 Å². The van der Waals surface area contributed by atoms with E-state index in [1.54, 1.807) is 0 Å². The van der Waals surface area contributed by atoms with Crippen LogP contribution >= 0.6 is 0 Å². The van der Waals surface area contributed by atoms with Gasteiger partial charge in [-0.1, -0.05) is 0 Å². The van der Waals surface area contributed by atoms with E-state index in [9.17, 15) is 19.5 Å². The lowest BCUT2D eigenvalue weighted by Crippen LogP contribution is -2.49. The highest BCUT2D eigenvalue weighted by Gasteiger charge is 2.30. The van der Waals surface area contributed by atoms with Crippen LogP contribution in [0, 0.1) is 0 Å². The maximum Gasteiger partial charge on any atom is 0.270 e. The molecule has 1 atom stereocenters. The van der Waals surface area contributed by atoms with E-state index in [4.69, 9.17) is 5.73 Å². The summed E-state index contributed by atoms with van der Waals surface area (Å²) < 4.78 is 0. The van der Waals surface area contributed by atoms with Gasteiger partial charge in [0.05, 0.1) is 6.54 Å². The molecule has 0 bridgehead atoms. The van der Waals surface area contributed by atoms with Gasteiger partial charge < -0.3 is 21.1 Å². The van der Waals surface area contributed by atoms with Crippen molar-refractivity contribution < 1.29 is 19.5 Å². The van der Waals surface area contributed by atoms with E-state index >= 15 is 0 Å². The number of likely N-dealkylation sites (tertiary alicyclic amines) is 1. The fourth-order valence-corrected chi connectivity index (χ4v) is 1.33. The second-order valence-corrected chi connectivity index (χ2v) is 3.25. The van der Waals surface area contributed by atoms with Gasteiger partial charge >= 0.3 is 0 Å². The van der Waals surface area contributed by atoms with Gasteiger partial charge in [-0.15, -0.1) is 0 Å². The summed E-state index contributed by atoms with van der Waals surface area (Å²) in [6, 6.07) is 0. The molecule has 4 N–H and O–H groups in total. The van der Waals surface area contributed by atoms with Crippen LogP contribution in [0.4, 0.5) is 0 Å². The van der Waals surface area contributed by atoms with Gasteiger partial charge in [-0.25, -0.2) is 0 Å². The highest BCUT2D eigenvalue weighted by atomic mass is 16.3. The molecule has 0 aromatic carbocycles. The number of hydrogen-bond acceptors (Lipinski definition) is 4. The zero-order chi connectivity index (χ0) is 11.4. The lowest BCUT2D eigenvalue weighted by molar-refractivity contribution is -0.150. The average molecular weight is 215 g/mol. The molecule has 0 spiro atoms. The molecule has 1 fully saturated rings. The van der Waals surface area contributed by atoms with E-state index in [1.807, 2.05) is 0 Å². The Morgan fingerprint density at radius 2 is 2.27 bits per heavy atom. The van der Waals surface area contributed by atoms with E-state index in [0.717, 1.165) is 4.90 Å². The van der Waals surface area contributed by atoms with Crippen LogP contribution in [0.1, 0.15) is 12.8 Å². The Kier molecular flexibility index (Phi) is 3.62. The first kappa shape index (κ1) is 11.4. The smallest absolute Gasteiger partial charge is 0.270 e. The van der Waals surface area contributed by atoms with Crippen LogP contribution in [0.2, 0.25) is 0 Å². The highest BCUT2D eigenvalue weighted by Crippen LogP contribution is 2.11. The average Bonchev–Trinajstić information content (AvgIpc) is 2.59. The number of amides is 3. The molecule has 1 aliphatic heterocycles. The van der Waals surface area contributed by atoms with Gasteiger partial charge in [0.25, 0.3) is 5.91 Å². The Balaban J connectivity index is 2.45. The fraction of sp³-hybridized carbons (Fsp3) is 0.625. The minimum absolute atomic E-state index is 0.267. The SMILES string of the molecule is NC(=O)CNC(=O)C(O)N1CCCC1=O. The first-order valence-electron chi connectivity index (χ1n) is 4.56. The predicted octanol–water partition coefficient (Wildman–Crippen LogP) is -2.47. The lowest BCUT2D eigenvalue weighted by Gasteiger charge is -2.21. The molecule has 0 aromatic rings. The van der Waals surface area contributed by atoms with Crippen molar-refractivity contribution in [2.24, 2.45) is 5.73 Å². The van der Waals surface area contributed by atoms with Gasteiger partial charge in [-0.2, -0.15) is 0 Å². The fourth-order valence-electron chi connectivity index (χ4n) is 1.33. The number of carbonyl (C=O) groups is 3. The van der Waals surface area contributed by atoms with Gasteiger partial charge in [-0.05, 0) is 6.42 Å². The number of nitrogens with two attached hydrogens (primary N) is 1. The molecular formula is C8H13N3O4. The van der Waals surface area contributed by atoms with Crippen molar-refractivity contribution in [3.8, 4) is 0 Å². The molecule has 1 aliphatic rings. The maximum absolute atomic E-state index is 11.2. The Labute approximate surface area is 86.2 Å². The van der Waals surface area contributed by atoms with Gasteiger partial charge in [0.15, 0.2) is 0 Å². The molecule has 15 heavy (non-hydrogen) atoms. The highest BCUT2D eigenvalue weighted by molar-refractivity contribution is 5.89. The van der Waals surface area contributed by atoms with Crippen LogP contribution in [0.5, 0.6) is 0 Å². The summed E-state index contributed by atoms with van der Waals surface area (Å²) in [4.78, 5) is 33.8. The zero-order valence-corrected chi connectivity index (χ0v) is 8.10. The second-order valence-electron chi connectivity index (χ2n) is 3.25. The molecule has 1 rings (SSSR count). The Morgan fingerprint density at radius 3 is 2.73 bits per heavy atom. The molecule has 84 valence electrons. The minimum atomic E-state index is -1.53. The summed E-state index contributed by atoms with van der Waals surface area (Å²) in [5, 5.41) is 11.6. The van der Waals surface area contributed by atoms with Gasteiger partial charge in [-0.3, -0.25) is 14.4 Å². The summed E-state index contributed by atoms with van der Waals surface area (Å²) in [6.07, 6.45) is -0.571. The van der Waals surface area contributed by atoms with Crippen LogP contribution in [-0.4, -0.2) is 47.0 Å². The molecule has 1 heterocycles. The van der Waals surface area contributed by atoms with Gasteiger partial charge in [0.2, 0.25) is 18.0 Å². The summed E-state index contributed by atoms with van der Waals surface area (Å²) in [6.45, 7) is 0.00190. The zero-order valence-electron chi connectivity index (χ0n) is 8.10. The van der Waals surface area contributed by atoms with Crippen LogP contribution in [-0.2, 0) is 14.4 Å². The lowest BCUT2D eigenvalue weighted by atomic mass is 10.4. The Hall–Kier alpha value is -1.63. The van der Waals surface area contributed by atoms with Crippen molar-refractivity contribution in [1.82, 2.24) is 10.2 Å². The molecule has 7 heteroatoms. The van der Waals surface area contributed by atoms with Crippen molar-refractivity contribution in [3.05, 3.63) is 0 Å². The van der Waals surface area contributed by atoms with E-state index in [2.05, 4.69) is 5.32 Å². The predicted molar refractivity (Wildman–Crippen MR) is 49.2 cm³/mol.